The first kappa shape index (κ1) is 22.9. The average Bonchev–Trinajstić information content (AvgIpc) is 3.48. The number of hydrogen-bond acceptors (Lipinski definition) is 9. The first-order valence-electron chi connectivity index (χ1n) is 12.6. The Morgan fingerprint density at radius 2 is 1.89 bits per heavy atom. The van der Waals surface area contributed by atoms with Crippen LogP contribution in [0.1, 0.15) is 59.3 Å². The number of rotatable bonds is 2. The molecule has 2 aliphatic heterocycles. The topological polar surface area (TPSA) is 118 Å². The Labute approximate surface area is 204 Å². The Balaban J connectivity index is 1.40. The molecule has 2 saturated carbocycles. The van der Waals surface area contributed by atoms with Crippen molar-refractivity contribution in [1.29, 1.82) is 0 Å². The van der Waals surface area contributed by atoms with Gasteiger partial charge < -0.3 is 19.2 Å². The van der Waals surface area contributed by atoms with Gasteiger partial charge in [0, 0.05) is 23.8 Å². The van der Waals surface area contributed by atoms with Crippen molar-refractivity contribution < 1.29 is 19.9 Å². The zero-order valence-electron chi connectivity index (χ0n) is 20.6. The van der Waals surface area contributed by atoms with E-state index in [0.717, 1.165) is 36.9 Å². The number of nitrogens with zero attached hydrogens (tertiary/aromatic N) is 6. The van der Waals surface area contributed by atoms with Crippen molar-refractivity contribution in [3.8, 4) is 0 Å². The molecule has 0 aromatic carbocycles. The number of imidazole rings is 1. The first-order valence-corrected chi connectivity index (χ1v) is 12.6. The minimum atomic E-state index is -0.732. The van der Waals surface area contributed by atoms with E-state index >= 15 is 0 Å². The number of oxime groups is 1. The Hall–Kier alpha value is -2.56. The lowest BCUT2D eigenvalue weighted by molar-refractivity contribution is -0.279. The van der Waals surface area contributed by atoms with Gasteiger partial charge in [-0.25, -0.2) is 20.0 Å². The van der Waals surface area contributed by atoms with Crippen molar-refractivity contribution in [3.05, 3.63) is 24.8 Å². The van der Waals surface area contributed by atoms with Gasteiger partial charge in [-0.1, -0.05) is 31.2 Å². The van der Waals surface area contributed by atoms with Crippen LogP contribution in [0.3, 0.4) is 0 Å². The third-order valence-corrected chi connectivity index (χ3v) is 9.46. The molecule has 2 aromatic heterocycles. The maximum Gasteiger partial charge on any atom is 0.183 e. The molecule has 10 heteroatoms. The van der Waals surface area contributed by atoms with Gasteiger partial charge in [-0.2, -0.15) is 0 Å². The van der Waals surface area contributed by atoms with Crippen LogP contribution in [-0.2, 0) is 16.0 Å². The molecule has 6 rings (SSSR count). The molecule has 4 aliphatic rings. The van der Waals surface area contributed by atoms with E-state index in [1.807, 2.05) is 11.5 Å². The van der Waals surface area contributed by atoms with Gasteiger partial charge in [-0.05, 0) is 44.9 Å². The number of ether oxygens (including phenoxy) is 2. The fourth-order valence-corrected chi connectivity index (χ4v) is 7.30. The molecule has 0 unspecified atom stereocenters. The highest BCUT2D eigenvalue weighted by Gasteiger charge is 2.64. The number of anilines is 1. The molecule has 0 amide bonds. The lowest BCUT2D eigenvalue weighted by Gasteiger charge is -2.60. The summed E-state index contributed by atoms with van der Waals surface area (Å²) >= 11 is 0. The number of aromatic nitrogens is 4. The van der Waals surface area contributed by atoms with Gasteiger partial charge in [-0.3, -0.25) is 5.21 Å². The van der Waals surface area contributed by atoms with E-state index < -0.39 is 16.7 Å². The summed E-state index contributed by atoms with van der Waals surface area (Å²) in [7, 11) is 0. The largest absolute Gasteiger partial charge is 0.411 e. The molecular weight excluding hydrogens is 448 g/mol. The van der Waals surface area contributed by atoms with Crippen LogP contribution in [0.25, 0.3) is 11.2 Å². The molecule has 1 saturated heterocycles. The second-order valence-electron chi connectivity index (χ2n) is 11.2. The number of fused-ring (bicyclic) bond motifs is 2. The van der Waals surface area contributed by atoms with Gasteiger partial charge in [0.2, 0.25) is 0 Å². The zero-order valence-corrected chi connectivity index (χ0v) is 20.6. The lowest BCUT2D eigenvalue weighted by atomic mass is 9.48. The molecule has 3 fully saturated rings. The van der Waals surface area contributed by atoms with Crippen molar-refractivity contribution in [2.75, 3.05) is 18.3 Å². The highest BCUT2D eigenvalue weighted by Crippen LogP contribution is 2.63. The number of hydrogen-bond donors (Lipinski definition) is 2. The fraction of sp³-hybridized carbons (Fsp3) is 0.680. The van der Waals surface area contributed by atoms with Gasteiger partial charge >= 0.3 is 0 Å². The molecule has 1 spiro atoms. The summed E-state index contributed by atoms with van der Waals surface area (Å²) in [5.74, 6) is 0.0313. The van der Waals surface area contributed by atoms with Crippen LogP contribution in [0.2, 0.25) is 0 Å². The zero-order chi connectivity index (χ0) is 24.5. The minimum absolute atomic E-state index is 0.169. The second kappa shape index (κ2) is 7.72. The Kier molecular flexibility index (Phi) is 5.04. The summed E-state index contributed by atoms with van der Waals surface area (Å²) in [4.78, 5) is 13.0. The quantitative estimate of drug-likeness (QED) is 0.376. The predicted molar refractivity (Wildman–Crippen MR) is 128 cm³/mol. The van der Waals surface area contributed by atoms with E-state index in [2.05, 4.69) is 46.1 Å². The van der Waals surface area contributed by atoms with Crippen LogP contribution < -0.4 is 5.06 Å². The molecule has 188 valence electrons. The SMILES string of the molecule is C[C@]1(C=C[C@]2(C)CCn3cnc4ncnc(c43)N2O)/C(=N/O)CC[C@]2(C)[C@@H]1CCCC21OCCO1. The van der Waals surface area contributed by atoms with Crippen molar-refractivity contribution in [2.45, 2.75) is 77.2 Å². The molecule has 35 heavy (non-hydrogen) atoms. The summed E-state index contributed by atoms with van der Waals surface area (Å²) in [6.45, 7) is 8.36. The summed E-state index contributed by atoms with van der Waals surface area (Å²) in [5.41, 5.74) is 0.610. The van der Waals surface area contributed by atoms with Gasteiger partial charge in [0.25, 0.3) is 0 Å². The third kappa shape index (κ3) is 3.06. The van der Waals surface area contributed by atoms with Crippen molar-refractivity contribution in [2.24, 2.45) is 21.9 Å². The molecular formula is C25H34N6O4. The minimum Gasteiger partial charge on any atom is -0.411 e. The fourth-order valence-electron chi connectivity index (χ4n) is 7.30. The molecule has 4 atom stereocenters. The van der Waals surface area contributed by atoms with Gasteiger partial charge in [-0.15, -0.1) is 0 Å². The number of hydroxylamine groups is 1. The Morgan fingerprint density at radius 1 is 1.09 bits per heavy atom. The molecule has 4 heterocycles. The van der Waals surface area contributed by atoms with Crippen LogP contribution in [0.15, 0.2) is 30.0 Å². The van der Waals surface area contributed by atoms with E-state index in [-0.39, 0.29) is 11.3 Å². The van der Waals surface area contributed by atoms with Crippen LogP contribution in [0, 0.1) is 16.7 Å². The summed E-state index contributed by atoms with van der Waals surface area (Å²) in [5, 5.41) is 26.5. The molecule has 2 N–H and O–H groups in total. The smallest absolute Gasteiger partial charge is 0.183 e. The van der Waals surface area contributed by atoms with Crippen molar-refractivity contribution >= 4 is 22.7 Å². The van der Waals surface area contributed by atoms with Crippen molar-refractivity contribution in [3.63, 3.8) is 0 Å². The van der Waals surface area contributed by atoms with Crippen LogP contribution in [0.4, 0.5) is 5.82 Å². The summed E-state index contributed by atoms with van der Waals surface area (Å²) < 4.78 is 14.6. The van der Waals surface area contributed by atoms with Crippen LogP contribution in [0.5, 0.6) is 0 Å². The molecule has 10 nitrogen and oxygen atoms in total. The first-order chi connectivity index (χ1) is 16.8. The third-order valence-electron chi connectivity index (χ3n) is 9.46. The van der Waals surface area contributed by atoms with E-state index in [0.29, 0.717) is 44.1 Å². The maximum absolute atomic E-state index is 11.4. The lowest BCUT2D eigenvalue weighted by Crippen LogP contribution is -2.62. The summed E-state index contributed by atoms with van der Waals surface area (Å²) in [6.07, 6.45) is 12.4. The van der Waals surface area contributed by atoms with E-state index in [4.69, 9.17) is 9.47 Å². The predicted octanol–water partition coefficient (Wildman–Crippen LogP) is 3.92. The second-order valence-corrected chi connectivity index (χ2v) is 11.2. The van der Waals surface area contributed by atoms with Gasteiger partial charge in [0.1, 0.15) is 11.8 Å². The summed E-state index contributed by atoms with van der Waals surface area (Å²) in [6, 6.07) is 0. The number of aryl methyl sites for hydroxylation is 1. The van der Waals surface area contributed by atoms with E-state index in [1.54, 1.807) is 6.33 Å². The standard InChI is InChI=1S/C25H34N6O4/c1-22(11-12-30-16-28-20-19(30)21(31(22)33)27-15-26-20)9-10-23(2)17-5-4-7-25(34-13-14-35-25)24(17,3)8-6-18(23)29-32/h9-10,15-17,32-33H,4-8,11-14H2,1-3H3/b10-9?,29-18+/t17-,22-,23-,24-/m1/s1. The van der Waals surface area contributed by atoms with Gasteiger partial charge in [0.05, 0.1) is 30.8 Å². The molecule has 0 bridgehead atoms. The van der Waals surface area contributed by atoms with Crippen LogP contribution in [-0.4, -0.2) is 60.2 Å². The Morgan fingerprint density at radius 3 is 2.66 bits per heavy atom. The monoisotopic (exact) mass is 482 g/mol. The maximum atomic E-state index is 11.4. The molecule has 0 radical (unpaired) electrons. The van der Waals surface area contributed by atoms with E-state index in [1.165, 1.54) is 11.4 Å². The van der Waals surface area contributed by atoms with Crippen molar-refractivity contribution in [1.82, 2.24) is 19.5 Å². The Bertz CT molecular complexity index is 1210. The number of allylic oxidation sites excluding steroid dienone is 1. The highest BCUT2D eigenvalue weighted by atomic mass is 16.7. The van der Waals surface area contributed by atoms with Gasteiger partial charge in [0.15, 0.2) is 17.3 Å². The molecule has 2 aliphatic carbocycles. The normalized spacial score (nSPS) is 37.9. The van der Waals surface area contributed by atoms with E-state index in [9.17, 15) is 10.4 Å². The average molecular weight is 483 g/mol. The van der Waals surface area contributed by atoms with Crippen LogP contribution >= 0.6 is 0 Å². The highest BCUT2D eigenvalue weighted by molar-refractivity contribution is 5.92. The molecule has 2 aromatic rings.